The second kappa shape index (κ2) is 7.82. The minimum absolute atomic E-state index is 0.172. The first-order valence-electron chi connectivity index (χ1n) is 7.13. The lowest BCUT2D eigenvalue weighted by molar-refractivity contribution is -0.157. The van der Waals surface area contributed by atoms with Gasteiger partial charge in [-0.05, 0) is 26.7 Å². The highest BCUT2D eigenvalue weighted by Gasteiger charge is 2.44. The summed E-state index contributed by atoms with van der Waals surface area (Å²) in [7, 11) is 0. The van der Waals surface area contributed by atoms with Crippen molar-refractivity contribution in [2.24, 2.45) is 5.41 Å². The summed E-state index contributed by atoms with van der Waals surface area (Å²) < 4.78 is 9.83. The minimum Gasteiger partial charge on any atom is -0.465 e. The third kappa shape index (κ3) is 3.92. The zero-order valence-electron chi connectivity index (χ0n) is 12.1. The molecule has 0 radical (unpaired) electrons. The lowest BCUT2D eigenvalue weighted by Gasteiger charge is -2.25. The standard InChI is InChI=1S/C15H22O5/c1-3-19-13(17)9-11-15(14(18)20-4-2)10-7-5-6-8-12(15)16/h9,11H,3-8,10H2,1-2H3/b11-9+. The van der Waals surface area contributed by atoms with E-state index in [1.54, 1.807) is 13.8 Å². The maximum Gasteiger partial charge on any atom is 0.330 e. The zero-order valence-corrected chi connectivity index (χ0v) is 12.1. The van der Waals surface area contributed by atoms with Crippen LogP contribution >= 0.6 is 0 Å². The molecule has 1 saturated carbocycles. The van der Waals surface area contributed by atoms with Gasteiger partial charge < -0.3 is 9.47 Å². The highest BCUT2D eigenvalue weighted by atomic mass is 16.5. The van der Waals surface area contributed by atoms with Gasteiger partial charge in [-0.2, -0.15) is 0 Å². The van der Waals surface area contributed by atoms with E-state index < -0.39 is 17.4 Å². The van der Waals surface area contributed by atoms with E-state index in [0.29, 0.717) is 12.8 Å². The summed E-state index contributed by atoms with van der Waals surface area (Å²) in [5.74, 6) is -1.28. The molecule has 1 unspecified atom stereocenters. The van der Waals surface area contributed by atoms with Crippen LogP contribution in [0.5, 0.6) is 0 Å². The summed E-state index contributed by atoms with van der Waals surface area (Å²) in [5, 5.41) is 0. The molecule has 0 saturated heterocycles. The van der Waals surface area contributed by atoms with Gasteiger partial charge in [-0.3, -0.25) is 9.59 Å². The molecule has 0 heterocycles. The molecular formula is C15H22O5. The van der Waals surface area contributed by atoms with Crippen molar-refractivity contribution >= 4 is 17.7 Å². The van der Waals surface area contributed by atoms with E-state index in [1.165, 1.54) is 12.2 Å². The maximum absolute atomic E-state index is 12.3. The predicted octanol–water partition coefficient (Wildman–Crippen LogP) is 2.19. The number of ketones is 1. The van der Waals surface area contributed by atoms with Gasteiger partial charge in [0.15, 0.2) is 5.78 Å². The Hall–Kier alpha value is -1.65. The lowest BCUT2D eigenvalue weighted by Crippen LogP contribution is -2.38. The molecule has 1 aliphatic rings. The first kappa shape index (κ1) is 16.4. The summed E-state index contributed by atoms with van der Waals surface area (Å²) >= 11 is 0. The number of rotatable bonds is 5. The van der Waals surface area contributed by atoms with Crippen molar-refractivity contribution < 1.29 is 23.9 Å². The van der Waals surface area contributed by atoms with Crippen molar-refractivity contribution in [3.8, 4) is 0 Å². The number of hydrogen-bond acceptors (Lipinski definition) is 5. The monoisotopic (exact) mass is 282 g/mol. The normalized spacial score (nSPS) is 23.4. The van der Waals surface area contributed by atoms with Gasteiger partial charge in [0.2, 0.25) is 0 Å². The van der Waals surface area contributed by atoms with Crippen molar-refractivity contribution in [2.45, 2.75) is 46.0 Å². The molecule has 0 aromatic heterocycles. The number of ether oxygens (including phenoxy) is 2. The Kier molecular flexibility index (Phi) is 6.42. The molecule has 0 aromatic carbocycles. The number of esters is 2. The summed E-state index contributed by atoms with van der Waals surface area (Å²) in [6.45, 7) is 3.86. The molecule has 0 aromatic rings. The fraction of sp³-hybridized carbons (Fsp3) is 0.667. The Morgan fingerprint density at radius 1 is 1.15 bits per heavy atom. The van der Waals surface area contributed by atoms with Crippen molar-refractivity contribution in [1.29, 1.82) is 0 Å². The van der Waals surface area contributed by atoms with Gasteiger partial charge in [0.1, 0.15) is 5.41 Å². The smallest absolute Gasteiger partial charge is 0.330 e. The number of carbonyl (C=O) groups is 3. The predicted molar refractivity (Wildman–Crippen MR) is 72.9 cm³/mol. The van der Waals surface area contributed by atoms with Crippen LogP contribution in [0.4, 0.5) is 0 Å². The Labute approximate surface area is 119 Å². The van der Waals surface area contributed by atoms with Gasteiger partial charge >= 0.3 is 11.9 Å². The average molecular weight is 282 g/mol. The van der Waals surface area contributed by atoms with Gasteiger partial charge in [0, 0.05) is 12.5 Å². The van der Waals surface area contributed by atoms with E-state index in [1.807, 2.05) is 0 Å². The van der Waals surface area contributed by atoms with E-state index in [4.69, 9.17) is 9.47 Å². The highest BCUT2D eigenvalue weighted by Crippen LogP contribution is 2.35. The van der Waals surface area contributed by atoms with E-state index in [9.17, 15) is 14.4 Å². The second-order valence-corrected chi connectivity index (χ2v) is 4.76. The van der Waals surface area contributed by atoms with Crippen LogP contribution in [0.2, 0.25) is 0 Å². The summed E-state index contributed by atoms with van der Waals surface area (Å²) in [5.41, 5.74) is -1.32. The third-order valence-electron chi connectivity index (χ3n) is 3.40. The molecule has 1 atom stereocenters. The first-order valence-corrected chi connectivity index (χ1v) is 7.13. The van der Waals surface area contributed by atoms with Crippen molar-refractivity contribution in [3.05, 3.63) is 12.2 Å². The van der Waals surface area contributed by atoms with E-state index in [0.717, 1.165) is 19.3 Å². The van der Waals surface area contributed by atoms with Crippen LogP contribution in [0.3, 0.4) is 0 Å². The van der Waals surface area contributed by atoms with Crippen molar-refractivity contribution in [3.63, 3.8) is 0 Å². The zero-order chi connectivity index (χ0) is 15.0. The molecular weight excluding hydrogens is 260 g/mol. The SMILES string of the molecule is CCOC(=O)/C=C/C1(C(=O)OCC)CCCCCC1=O. The van der Waals surface area contributed by atoms with Crippen LogP contribution < -0.4 is 0 Å². The summed E-state index contributed by atoms with van der Waals surface area (Å²) in [6, 6.07) is 0. The fourth-order valence-corrected chi connectivity index (χ4v) is 2.35. The van der Waals surface area contributed by atoms with Crippen LogP contribution in [0.15, 0.2) is 12.2 Å². The molecule has 5 heteroatoms. The van der Waals surface area contributed by atoms with Gasteiger partial charge in [-0.25, -0.2) is 4.79 Å². The Morgan fingerprint density at radius 2 is 1.85 bits per heavy atom. The van der Waals surface area contributed by atoms with E-state index >= 15 is 0 Å². The molecule has 20 heavy (non-hydrogen) atoms. The highest BCUT2D eigenvalue weighted by molar-refractivity contribution is 6.06. The van der Waals surface area contributed by atoms with Gasteiger partial charge in [0.25, 0.3) is 0 Å². The van der Waals surface area contributed by atoms with Crippen LogP contribution in [0.1, 0.15) is 46.0 Å². The molecule has 0 bridgehead atoms. The molecule has 0 spiro atoms. The fourth-order valence-electron chi connectivity index (χ4n) is 2.35. The first-order chi connectivity index (χ1) is 9.56. The Bertz CT molecular complexity index is 399. The molecule has 1 rings (SSSR count). The van der Waals surface area contributed by atoms with E-state index in [2.05, 4.69) is 0 Å². The molecule has 1 aliphatic carbocycles. The molecule has 0 aliphatic heterocycles. The molecule has 0 N–H and O–H groups in total. The topological polar surface area (TPSA) is 69.7 Å². The van der Waals surface area contributed by atoms with E-state index in [-0.39, 0.29) is 19.0 Å². The van der Waals surface area contributed by atoms with Crippen LogP contribution in [0.25, 0.3) is 0 Å². The summed E-state index contributed by atoms with van der Waals surface area (Å²) in [4.78, 5) is 36.0. The number of carbonyl (C=O) groups excluding carboxylic acids is 3. The van der Waals surface area contributed by atoms with Crippen LogP contribution in [0, 0.1) is 5.41 Å². The second-order valence-electron chi connectivity index (χ2n) is 4.76. The van der Waals surface area contributed by atoms with Crippen LogP contribution in [-0.2, 0) is 23.9 Å². The van der Waals surface area contributed by atoms with Crippen molar-refractivity contribution in [2.75, 3.05) is 13.2 Å². The molecule has 0 amide bonds. The van der Waals surface area contributed by atoms with Crippen LogP contribution in [-0.4, -0.2) is 30.9 Å². The minimum atomic E-state index is -1.32. The lowest BCUT2D eigenvalue weighted by atomic mass is 9.79. The quantitative estimate of drug-likeness (QED) is 0.334. The van der Waals surface area contributed by atoms with Gasteiger partial charge in [-0.1, -0.05) is 18.9 Å². The summed E-state index contributed by atoms with van der Waals surface area (Å²) in [6.07, 6.45) is 5.71. The molecule has 112 valence electrons. The van der Waals surface area contributed by atoms with Crippen molar-refractivity contribution in [1.82, 2.24) is 0 Å². The van der Waals surface area contributed by atoms with Gasteiger partial charge in [-0.15, -0.1) is 0 Å². The molecule has 5 nitrogen and oxygen atoms in total. The number of hydrogen-bond donors (Lipinski definition) is 0. The largest absolute Gasteiger partial charge is 0.465 e. The van der Waals surface area contributed by atoms with Gasteiger partial charge in [0.05, 0.1) is 13.2 Å². The average Bonchev–Trinajstić information content (AvgIpc) is 2.60. The Morgan fingerprint density at radius 3 is 2.50 bits per heavy atom. The molecule has 1 fully saturated rings. The maximum atomic E-state index is 12.3. The third-order valence-corrected chi connectivity index (χ3v) is 3.40. The Balaban J connectivity index is 3.02. The number of Topliss-reactive ketones (excluding diaryl/α,β-unsaturated/α-hetero) is 1.